The van der Waals surface area contributed by atoms with Crippen LogP contribution in [0.25, 0.3) is 0 Å². The van der Waals surface area contributed by atoms with Crippen LogP contribution in [0.1, 0.15) is 5.56 Å². The second-order valence-corrected chi connectivity index (χ2v) is 5.22. The molecule has 0 saturated carbocycles. The maximum absolute atomic E-state index is 6.02. The molecule has 0 spiro atoms. The Labute approximate surface area is 122 Å². The lowest BCUT2D eigenvalue weighted by Crippen LogP contribution is -2.17. The second-order valence-electron chi connectivity index (χ2n) is 4.36. The molecule has 0 radical (unpaired) electrons. The molecule has 0 aliphatic heterocycles. The van der Waals surface area contributed by atoms with E-state index in [4.69, 9.17) is 10.5 Å². The van der Waals surface area contributed by atoms with Crippen LogP contribution in [0.3, 0.4) is 0 Å². The molecule has 0 atom stereocenters. The van der Waals surface area contributed by atoms with Crippen LogP contribution >= 0.6 is 15.9 Å². The van der Waals surface area contributed by atoms with Crippen LogP contribution in [0.15, 0.2) is 46.9 Å². The summed E-state index contributed by atoms with van der Waals surface area (Å²) in [6, 6.07) is 13.8. The first-order valence-electron chi connectivity index (χ1n) is 6.00. The van der Waals surface area contributed by atoms with Crippen LogP contribution in [0, 0.1) is 0 Å². The highest BCUT2D eigenvalue weighted by Crippen LogP contribution is 2.26. The summed E-state index contributed by atoms with van der Waals surface area (Å²) in [4.78, 5) is 2.15. The van der Waals surface area contributed by atoms with Gasteiger partial charge in [-0.3, -0.25) is 0 Å². The zero-order chi connectivity index (χ0) is 13.8. The summed E-state index contributed by atoms with van der Waals surface area (Å²) in [6.45, 7) is 0.750. The number of hydrogen-bond acceptors (Lipinski definition) is 3. The van der Waals surface area contributed by atoms with Gasteiger partial charge in [0, 0.05) is 35.0 Å². The number of methoxy groups -OCH3 is 1. The average molecular weight is 321 g/mol. The Morgan fingerprint density at radius 3 is 2.42 bits per heavy atom. The number of anilines is 2. The van der Waals surface area contributed by atoms with Crippen LogP contribution in [-0.4, -0.2) is 14.2 Å². The highest BCUT2D eigenvalue weighted by Gasteiger charge is 2.08. The van der Waals surface area contributed by atoms with Gasteiger partial charge in [0.25, 0.3) is 0 Å². The van der Waals surface area contributed by atoms with E-state index in [-0.39, 0.29) is 0 Å². The third kappa shape index (κ3) is 3.20. The van der Waals surface area contributed by atoms with E-state index < -0.39 is 0 Å². The largest absolute Gasteiger partial charge is 0.497 e. The molecule has 0 unspecified atom stereocenters. The Hall–Kier alpha value is -1.68. The van der Waals surface area contributed by atoms with Gasteiger partial charge < -0.3 is 15.4 Å². The van der Waals surface area contributed by atoms with Gasteiger partial charge in [0.1, 0.15) is 5.75 Å². The maximum Gasteiger partial charge on any atom is 0.119 e. The summed E-state index contributed by atoms with van der Waals surface area (Å²) in [6.07, 6.45) is 0. The van der Waals surface area contributed by atoms with Gasteiger partial charge in [0.05, 0.1) is 7.11 Å². The minimum absolute atomic E-state index is 0.750. The Morgan fingerprint density at radius 1 is 1.16 bits per heavy atom. The fourth-order valence-electron chi connectivity index (χ4n) is 1.91. The van der Waals surface area contributed by atoms with E-state index >= 15 is 0 Å². The van der Waals surface area contributed by atoms with Crippen molar-refractivity contribution in [2.24, 2.45) is 0 Å². The van der Waals surface area contributed by atoms with Crippen molar-refractivity contribution < 1.29 is 4.74 Å². The lowest BCUT2D eigenvalue weighted by atomic mass is 10.1. The molecule has 3 nitrogen and oxygen atoms in total. The first-order valence-corrected chi connectivity index (χ1v) is 6.79. The zero-order valence-corrected chi connectivity index (χ0v) is 12.6. The zero-order valence-electron chi connectivity index (χ0n) is 11.1. The third-order valence-corrected chi connectivity index (χ3v) is 3.81. The fraction of sp³-hybridized carbons (Fsp3) is 0.200. The van der Waals surface area contributed by atoms with Crippen molar-refractivity contribution in [3.05, 3.63) is 52.5 Å². The van der Waals surface area contributed by atoms with Gasteiger partial charge in [-0.25, -0.2) is 0 Å². The van der Waals surface area contributed by atoms with Crippen LogP contribution < -0.4 is 15.4 Å². The molecule has 0 amide bonds. The molecule has 4 heteroatoms. The number of nitrogens with two attached hydrogens (primary N) is 1. The monoisotopic (exact) mass is 320 g/mol. The van der Waals surface area contributed by atoms with Gasteiger partial charge in [-0.2, -0.15) is 0 Å². The van der Waals surface area contributed by atoms with Gasteiger partial charge in [-0.05, 0) is 36.4 Å². The summed E-state index contributed by atoms with van der Waals surface area (Å²) in [7, 11) is 3.71. The van der Waals surface area contributed by atoms with E-state index in [1.807, 2.05) is 49.5 Å². The molecule has 2 N–H and O–H groups in total. The smallest absolute Gasteiger partial charge is 0.119 e. The molecule has 100 valence electrons. The minimum atomic E-state index is 0.750. The van der Waals surface area contributed by atoms with Crippen LogP contribution in [0.2, 0.25) is 0 Å². The molecule has 2 rings (SSSR count). The van der Waals surface area contributed by atoms with Gasteiger partial charge in [0.15, 0.2) is 0 Å². The SMILES string of the molecule is COc1ccc(N(C)Cc2c(N)cccc2Br)cc1. The summed E-state index contributed by atoms with van der Waals surface area (Å²) in [5, 5.41) is 0. The van der Waals surface area contributed by atoms with Crippen molar-refractivity contribution in [1.29, 1.82) is 0 Å². The Balaban J connectivity index is 2.18. The van der Waals surface area contributed by atoms with E-state index in [1.165, 1.54) is 0 Å². The average Bonchev–Trinajstić information content (AvgIpc) is 2.43. The highest BCUT2D eigenvalue weighted by molar-refractivity contribution is 9.10. The summed E-state index contributed by atoms with van der Waals surface area (Å²) < 4.78 is 6.19. The number of rotatable bonds is 4. The van der Waals surface area contributed by atoms with Crippen molar-refractivity contribution in [2.45, 2.75) is 6.54 Å². The standard InChI is InChI=1S/C15H17BrN2O/c1-18(11-6-8-12(19-2)9-7-11)10-13-14(16)4-3-5-15(13)17/h3-9H,10,17H2,1-2H3. The molecule has 0 aliphatic carbocycles. The number of nitrogen functional groups attached to an aromatic ring is 1. The molecular formula is C15H17BrN2O. The first kappa shape index (κ1) is 13.7. The number of benzene rings is 2. The van der Waals surface area contributed by atoms with Gasteiger partial charge in [-0.15, -0.1) is 0 Å². The van der Waals surface area contributed by atoms with Gasteiger partial charge in [0.2, 0.25) is 0 Å². The Bertz CT molecular complexity index is 534. The lowest BCUT2D eigenvalue weighted by Gasteiger charge is -2.21. The molecular weight excluding hydrogens is 304 g/mol. The summed E-state index contributed by atoms with van der Waals surface area (Å²) in [5.41, 5.74) is 9.04. The van der Waals surface area contributed by atoms with Crippen LogP contribution in [0.5, 0.6) is 5.75 Å². The van der Waals surface area contributed by atoms with E-state index in [0.29, 0.717) is 0 Å². The number of ether oxygens (including phenoxy) is 1. The van der Waals surface area contributed by atoms with Gasteiger partial charge >= 0.3 is 0 Å². The molecule has 0 fully saturated rings. The maximum atomic E-state index is 6.02. The van der Waals surface area contributed by atoms with Crippen LogP contribution in [-0.2, 0) is 6.54 Å². The second kappa shape index (κ2) is 5.97. The van der Waals surface area contributed by atoms with Crippen LogP contribution in [0.4, 0.5) is 11.4 Å². The Kier molecular flexibility index (Phi) is 4.32. The van der Waals surface area contributed by atoms with E-state index in [9.17, 15) is 0 Å². The molecule has 0 saturated heterocycles. The van der Waals surface area contributed by atoms with Crippen molar-refractivity contribution in [1.82, 2.24) is 0 Å². The number of nitrogens with zero attached hydrogens (tertiary/aromatic N) is 1. The molecule has 0 aliphatic rings. The van der Waals surface area contributed by atoms with E-state index in [2.05, 4.69) is 20.8 Å². The minimum Gasteiger partial charge on any atom is -0.497 e. The third-order valence-electron chi connectivity index (χ3n) is 3.06. The summed E-state index contributed by atoms with van der Waals surface area (Å²) in [5.74, 6) is 0.859. The molecule has 2 aromatic rings. The molecule has 0 heterocycles. The quantitative estimate of drug-likeness (QED) is 0.873. The normalized spacial score (nSPS) is 10.3. The molecule has 0 aromatic heterocycles. The lowest BCUT2D eigenvalue weighted by molar-refractivity contribution is 0.415. The predicted octanol–water partition coefficient (Wildman–Crippen LogP) is 3.68. The van der Waals surface area contributed by atoms with Gasteiger partial charge in [-0.1, -0.05) is 22.0 Å². The first-order chi connectivity index (χ1) is 9.11. The molecule has 2 aromatic carbocycles. The predicted molar refractivity (Wildman–Crippen MR) is 83.7 cm³/mol. The van der Waals surface area contributed by atoms with Crippen molar-refractivity contribution in [3.8, 4) is 5.75 Å². The molecule has 0 bridgehead atoms. The Morgan fingerprint density at radius 2 is 1.84 bits per heavy atom. The van der Waals surface area contributed by atoms with Crippen molar-refractivity contribution in [2.75, 3.05) is 24.8 Å². The molecule has 19 heavy (non-hydrogen) atoms. The van der Waals surface area contributed by atoms with Crippen molar-refractivity contribution in [3.63, 3.8) is 0 Å². The van der Waals surface area contributed by atoms with E-state index in [0.717, 1.165) is 33.7 Å². The summed E-state index contributed by atoms with van der Waals surface area (Å²) >= 11 is 3.54. The highest BCUT2D eigenvalue weighted by atomic mass is 79.9. The van der Waals surface area contributed by atoms with E-state index in [1.54, 1.807) is 7.11 Å². The number of hydrogen-bond donors (Lipinski definition) is 1. The topological polar surface area (TPSA) is 38.5 Å². The number of halogens is 1. The van der Waals surface area contributed by atoms with Crippen molar-refractivity contribution >= 4 is 27.3 Å². The fourth-order valence-corrected chi connectivity index (χ4v) is 2.41.